The summed E-state index contributed by atoms with van der Waals surface area (Å²) in [6, 6.07) is 20.5. The molecule has 1 amide bonds. The molecule has 0 saturated carbocycles. The Morgan fingerprint density at radius 2 is 1.75 bits per heavy atom. The van der Waals surface area contributed by atoms with Crippen molar-refractivity contribution in [3.05, 3.63) is 89.1 Å². The van der Waals surface area contributed by atoms with E-state index in [1.54, 1.807) is 6.20 Å². The van der Waals surface area contributed by atoms with Crippen LogP contribution in [0.25, 0.3) is 0 Å². The Kier molecular flexibility index (Phi) is 6.86. The predicted molar refractivity (Wildman–Crippen MR) is 131 cm³/mol. The standard InChI is InChI=1S/C27H32N4O/c1-20(2)23-9-7-22(8-10-23)19-30-13-15-31(16-14-30)26-12-11-25(18-28-26)29-27(32)24-6-4-5-21(3)17-24/h4-12,17-18,20H,13-16,19H2,1-3H3,(H,29,32). The van der Waals surface area contributed by atoms with Crippen LogP contribution in [0.4, 0.5) is 11.5 Å². The summed E-state index contributed by atoms with van der Waals surface area (Å²) < 4.78 is 0. The molecule has 1 saturated heterocycles. The van der Waals surface area contributed by atoms with E-state index >= 15 is 0 Å². The van der Waals surface area contributed by atoms with Crippen LogP contribution in [0, 0.1) is 6.92 Å². The molecule has 0 aliphatic carbocycles. The molecule has 0 spiro atoms. The Labute approximate surface area is 191 Å². The van der Waals surface area contributed by atoms with Crippen LogP contribution in [0.1, 0.15) is 46.8 Å². The molecule has 5 nitrogen and oxygen atoms in total. The van der Waals surface area contributed by atoms with Crippen molar-refractivity contribution in [2.45, 2.75) is 33.2 Å². The van der Waals surface area contributed by atoms with Crippen molar-refractivity contribution in [2.24, 2.45) is 0 Å². The summed E-state index contributed by atoms with van der Waals surface area (Å²) in [4.78, 5) is 21.8. The number of anilines is 2. The lowest BCUT2D eigenvalue weighted by atomic mass is 10.0. The molecule has 0 atom stereocenters. The normalized spacial score (nSPS) is 14.6. The highest BCUT2D eigenvalue weighted by molar-refractivity contribution is 6.04. The second-order valence-electron chi connectivity index (χ2n) is 8.89. The summed E-state index contributed by atoms with van der Waals surface area (Å²) >= 11 is 0. The van der Waals surface area contributed by atoms with E-state index in [0.717, 1.165) is 44.1 Å². The maximum Gasteiger partial charge on any atom is 0.255 e. The topological polar surface area (TPSA) is 48.5 Å². The van der Waals surface area contributed by atoms with Crippen molar-refractivity contribution in [3.8, 4) is 0 Å². The van der Waals surface area contributed by atoms with Gasteiger partial charge in [-0.25, -0.2) is 4.98 Å². The van der Waals surface area contributed by atoms with Crippen molar-refractivity contribution in [1.82, 2.24) is 9.88 Å². The van der Waals surface area contributed by atoms with Crippen molar-refractivity contribution in [2.75, 3.05) is 36.4 Å². The van der Waals surface area contributed by atoms with E-state index in [9.17, 15) is 4.79 Å². The van der Waals surface area contributed by atoms with Crippen LogP contribution >= 0.6 is 0 Å². The van der Waals surface area contributed by atoms with Crippen LogP contribution < -0.4 is 10.2 Å². The van der Waals surface area contributed by atoms with Gasteiger partial charge in [-0.15, -0.1) is 0 Å². The molecule has 1 aromatic heterocycles. The molecule has 166 valence electrons. The van der Waals surface area contributed by atoms with Gasteiger partial charge < -0.3 is 10.2 Å². The number of pyridine rings is 1. The number of rotatable bonds is 6. The SMILES string of the molecule is Cc1cccc(C(=O)Nc2ccc(N3CCN(Cc4ccc(C(C)C)cc4)CC3)nc2)c1. The van der Waals surface area contributed by atoms with Gasteiger partial charge in [-0.3, -0.25) is 9.69 Å². The number of benzene rings is 2. The minimum absolute atomic E-state index is 0.113. The zero-order valence-corrected chi connectivity index (χ0v) is 19.2. The minimum atomic E-state index is -0.113. The molecule has 1 N–H and O–H groups in total. The van der Waals surface area contributed by atoms with Crippen LogP contribution in [0.15, 0.2) is 66.9 Å². The van der Waals surface area contributed by atoms with Crippen molar-refractivity contribution < 1.29 is 4.79 Å². The maximum atomic E-state index is 12.4. The van der Waals surface area contributed by atoms with Crippen LogP contribution in [-0.4, -0.2) is 42.0 Å². The maximum absolute atomic E-state index is 12.4. The van der Waals surface area contributed by atoms with Crippen LogP contribution in [-0.2, 0) is 6.54 Å². The molecule has 5 heteroatoms. The summed E-state index contributed by atoms with van der Waals surface area (Å²) in [7, 11) is 0. The van der Waals surface area contributed by atoms with Gasteiger partial charge in [-0.2, -0.15) is 0 Å². The average molecular weight is 429 g/mol. The lowest BCUT2D eigenvalue weighted by Gasteiger charge is -2.35. The Bertz CT molecular complexity index is 1040. The summed E-state index contributed by atoms with van der Waals surface area (Å²) in [5.74, 6) is 1.42. The number of carbonyl (C=O) groups is 1. The van der Waals surface area contributed by atoms with Gasteiger partial charge in [-0.1, -0.05) is 55.8 Å². The van der Waals surface area contributed by atoms with Gasteiger partial charge in [0.15, 0.2) is 0 Å². The highest BCUT2D eigenvalue weighted by Gasteiger charge is 2.18. The zero-order chi connectivity index (χ0) is 22.5. The quantitative estimate of drug-likeness (QED) is 0.594. The molecular weight excluding hydrogens is 396 g/mol. The molecular formula is C27H32N4O. The van der Waals surface area contributed by atoms with E-state index in [-0.39, 0.29) is 5.91 Å². The monoisotopic (exact) mass is 428 g/mol. The first-order chi connectivity index (χ1) is 15.5. The summed E-state index contributed by atoms with van der Waals surface area (Å²) in [5.41, 5.74) is 5.20. The molecule has 1 aliphatic heterocycles. The van der Waals surface area contributed by atoms with E-state index in [4.69, 9.17) is 0 Å². The van der Waals surface area contributed by atoms with Gasteiger partial charge in [-0.05, 0) is 48.2 Å². The van der Waals surface area contributed by atoms with Crippen LogP contribution in [0.2, 0.25) is 0 Å². The lowest BCUT2D eigenvalue weighted by Crippen LogP contribution is -2.46. The highest BCUT2D eigenvalue weighted by Crippen LogP contribution is 2.19. The Balaban J connectivity index is 1.28. The van der Waals surface area contributed by atoms with E-state index in [2.05, 4.69) is 58.2 Å². The molecule has 2 heterocycles. The van der Waals surface area contributed by atoms with Crippen molar-refractivity contribution in [1.29, 1.82) is 0 Å². The fraction of sp³-hybridized carbons (Fsp3) is 0.333. The number of carbonyl (C=O) groups excluding carboxylic acids is 1. The molecule has 32 heavy (non-hydrogen) atoms. The Hall–Kier alpha value is -3.18. The number of aromatic nitrogens is 1. The predicted octanol–water partition coefficient (Wildman–Crippen LogP) is 5.09. The Morgan fingerprint density at radius 3 is 2.38 bits per heavy atom. The molecule has 2 aromatic carbocycles. The van der Waals surface area contributed by atoms with Gasteiger partial charge in [0.1, 0.15) is 5.82 Å². The first-order valence-corrected chi connectivity index (χ1v) is 11.4. The van der Waals surface area contributed by atoms with Gasteiger partial charge in [0, 0.05) is 38.3 Å². The third kappa shape index (κ3) is 5.54. The summed E-state index contributed by atoms with van der Waals surface area (Å²) in [6.07, 6.45) is 1.74. The first-order valence-electron chi connectivity index (χ1n) is 11.4. The minimum Gasteiger partial charge on any atom is -0.354 e. The molecule has 3 aromatic rings. The largest absolute Gasteiger partial charge is 0.354 e. The van der Waals surface area contributed by atoms with E-state index in [0.29, 0.717) is 17.2 Å². The van der Waals surface area contributed by atoms with Crippen molar-refractivity contribution in [3.63, 3.8) is 0 Å². The van der Waals surface area contributed by atoms with Gasteiger partial charge >= 0.3 is 0 Å². The lowest BCUT2D eigenvalue weighted by molar-refractivity contribution is 0.102. The fourth-order valence-corrected chi connectivity index (χ4v) is 4.04. The number of nitrogens with zero attached hydrogens (tertiary/aromatic N) is 3. The van der Waals surface area contributed by atoms with Crippen LogP contribution in [0.5, 0.6) is 0 Å². The smallest absolute Gasteiger partial charge is 0.255 e. The van der Waals surface area contributed by atoms with Gasteiger partial charge in [0.2, 0.25) is 0 Å². The van der Waals surface area contributed by atoms with E-state index in [1.807, 2.05) is 43.3 Å². The number of hydrogen-bond acceptors (Lipinski definition) is 4. The number of aryl methyl sites for hydroxylation is 1. The number of hydrogen-bond donors (Lipinski definition) is 1. The van der Waals surface area contributed by atoms with E-state index in [1.165, 1.54) is 11.1 Å². The van der Waals surface area contributed by atoms with Crippen LogP contribution in [0.3, 0.4) is 0 Å². The number of amides is 1. The summed E-state index contributed by atoms with van der Waals surface area (Å²) in [6.45, 7) is 11.4. The second kappa shape index (κ2) is 9.96. The molecule has 0 radical (unpaired) electrons. The number of nitrogens with one attached hydrogen (secondary N) is 1. The zero-order valence-electron chi connectivity index (χ0n) is 19.2. The third-order valence-corrected chi connectivity index (χ3v) is 6.03. The molecule has 1 aliphatic rings. The molecule has 0 bridgehead atoms. The van der Waals surface area contributed by atoms with E-state index < -0.39 is 0 Å². The number of piperazine rings is 1. The average Bonchev–Trinajstić information content (AvgIpc) is 2.80. The highest BCUT2D eigenvalue weighted by atomic mass is 16.1. The van der Waals surface area contributed by atoms with Gasteiger partial charge in [0.05, 0.1) is 11.9 Å². The third-order valence-electron chi connectivity index (χ3n) is 6.03. The fourth-order valence-electron chi connectivity index (χ4n) is 4.04. The van der Waals surface area contributed by atoms with Gasteiger partial charge in [0.25, 0.3) is 5.91 Å². The first kappa shape index (κ1) is 22.0. The molecule has 1 fully saturated rings. The molecule has 4 rings (SSSR count). The summed E-state index contributed by atoms with van der Waals surface area (Å²) in [5, 5.41) is 2.93. The Morgan fingerprint density at radius 1 is 1.00 bits per heavy atom. The van der Waals surface area contributed by atoms with Crippen molar-refractivity contribution >= 4 is 17.4 Å². The second-order valence-corrected chi connectivity index (χ2v) is 8.89. The molecule has 0 unspecified atom stereocenters.